The molecule has 1 unspecified atom stereocenters. The van der Waals surface area contributed by atoms with Gasteiger partial charge in [0.2, 0.25) is 0 Å². The smallest absolute Gasteiger partial charge is 0.175 e. The molecule has 0 saturated heterocycles. The summed E-state index contributed by atoms with van der Waals surface area (Å²) in [4.78, 5) is 4.58. The maximum Gasteiger partial charge on any atom is 0.175 e. The van der Waals surface area contributed by atoms with E-state index >= 15 is 0 Å². The molecule has 3 rings (SSSR count). The first-order valence-electron chi connectivity index (χ1n) is 6.67. The molecule has 0 bridgehead atoms. The molecule has 100 valence electrons. The Labute approximate surface area is 112 Å². The second-order valence-electron chi connectivity index (χ2n) is 4.74. The van der Waals surface area contributed by atoms with Crippen molar-refractivity contribution < 1.29 is 4.74 Å². The summed E-state index contributed by atoms with van der Waals surface area (Å²) in [5.74, 6) is 2.65. The first kappa shape index (κ1) is 12.0. The van der Waals surface area contributed by atoms with Crippen LogP contribution in [0.4, 0.5) is 5.69 Å². The molecule has 1 aromatic heterocycles. The van der Waals surface area contributed by atoms with E-state index < -0.39 is 0 Å². The van der Waals surface area contributed by atoms with Gasteiger partial charge in [0, 0.05) is 13.5 Å². The van der Waals surface area contributed by atoms with Crippen LogP contribution in [0.25, 0.3) is 0 Å². The first-order chi connectivity index (χ1) is 9.28. The largest absolute Gasteiger partial charge is 0.478 e. The minimum atomic E-state index is -0.0852. The molecule has 5 nitrogen and oxygen atoms in total. The Hall–Kier alpha value is -2.04. The molecule has 1 aromatic carbocycles. The van der Waals surface area contributed by atoms with Crippen molar-refractivity contribution in [2.24, 2.45) is 7.05 Å². The molecule has 1 N–H and O–H groups in total. The van der Waals surface area contributed by atoms with Gasteiger partial charge in [-0.15, -0.1) is 0 Å². The molecule has 0 spiro atoms. The maximum absolute atomic E-state index is 6.00. The van der Waals surface area contributed by atoms with Gasteiger partial charge in [-0.2, -0.15) is 5.10 Å². The highest BCUT2D eigenvalue weighted by molar-refractivity contribution is 5.57. The molecule has 1 aliphatic heterocycles. The minimum Gasteiger partial charge on any atom is -0.478 e. The number of rotatable bonds is 3. The van der Waals surface area contributed by atoms with E-state index in [4.69, 9.17) is 4.74 Å². The van der Waals surface area contributed by atoms with Crippen LogP contribution in [0.3, 0.4) is 0 Å². The highest BCUT2D eigenvalue weighted by Crippen LogP contribution is 2.32. The molecule has 1 atom stereocenters. The van der Waals surface area contributed by atoms with Crippen molar-refractivity contribution in [2.45, 2.75) is 25.9 Å². The maximum atomic E-state index is 6.00. The predicted octanol–water partition coefficient (Wildman–Crippen LogP) is 2.31. The van der Waals surface area contributed by atoms with E-state index in [1.807, 2.05) is 36.0 Å². The number of benzene rings is 1. The molecule has 2 aromatic rings. The molecule has 0 saturated carbocycles. The van der Waals surface area contributed by atoms with Crippen LogP contribution < -0.4 is 10.1 Å². The zero-order chi connectivity index (χ0) is 13.2. The van der Waals surface area contributed by atoms with Crippen LogP contribution in [0.1, 0.15) is 31.1 Å². The van der Waals surface area contributed by atoms with E-state index in [9.17, 15) is 0 Å². The van der Waals surface area contributed by atoms with Gasteiger partial charge in [0.15, 0.2) is 17.8 Å². The highest BCUT2D eigenvalue weighted by Gasteiger charge is 2.25. The quantitative estimate of drug-likeness (QED) is 0.918. The summed E-state index contributed by atoms with van der Waals surface area (Å²) in [6, 6.07) is 7.96. The summed E-state index contributed by atoms with van der Waals surface area (Å²) >= 11 is 0. The fraction of sp³-hybridized carbons (Fsp3) is 0.429. The molecule has 5 heteroatoms. The number of para-hydroxylation sites is 2. The van der Waals surface area contributed by atoms with Crippen molar-refractivity contribution in [3.8, 4) is 5.75 Å². The molecular formula is C14H18N4O. The Morgan fingerprint density at radius 2 is 2.26 bits per heavy atom. The predicted molar refractivity (Wildman–Crippen MR) is 73.3 cm³/mol. The van der Waals surface area contributed by atoms with E-state index in [0.29, 0.717) is 0 Å². The van der Waals surface area contributed by atoms with E-state index in [0.717, 1.165) is 42.5 Å². The molecule has 1 aliphatic rings. The second kappa shape index (κ2) is 4.91. The Kier molecular flexibility index (Phi) is 3.11. The number of ether oxygens (including phenoxy) is 1. The van der Waals surface area contributed by atoms with Crippen LogP contribution in [-0.2, 0) is 13.5 Å². The normalized spacial score (nSPS) is 17.5. The van der Waals surface area contributed by atoms with Gasteiger partial charge < -0.3 is 10.1 Å². The lowest BCUT2D eigenvalue weighted by molar-refractivity contribution is 0.195. The van der Waals surface area contributed by atoms with Crippen LogP contribution >= 0.6 is 0 Å². The van der Waals surface area contributed by atoms with Crippen LogP contribution in [0.15, 0.2) is 24.3 Å². The zero-order valence-electron chi connectivity index (χ0n) is 11.3. The van der Waals surface area contributed by atoms with Crippen LogP contribution in [0, 0.1) is 0 Å². The number of nitrogens with zero attached hydrogens (tertiary/aromatic N) is 3. The fourth-order valence-electron chi connectivity index (χ4n) is 2.32. The SMILES string of the molecule is CCCc1nc(C2CNc3ccccc3O2)n(C)n1. The highest BCUT2D eigenvalue weighted by atomic mass is 16.5. The number of hydrogen-bond acceptors (Lipinski definition) is 4. The van der Waals surface area contributed by atoms with Gasteiger partial charge in [-0.05, 0) is 18.6 Å². The molecule has 0 aliphatic carbocycles. The van der Waals surface area contributed by atoms with Gasteiger partial charge in [0.05, 0.1) is 12.2 Å². The van der Waals surface area contributed by atoms with E-state index in [-0.39, 0.29) is 6.10 Å². The monoisotopic (exact) mass is 258 g/mol. The summed E-state index contributed by atoms with van der Waals surface area (Å²) in [5, 5.41) is 7.80. The average molecular weight is 258 g/mol. The van der Waals surface area contributed by atoms with Crippen molar-refractivity contribution in [3.63, 3.8) is 0 Å². The third-order valence-corrected chi connectivity index (χ3v) is 3.24. The minimum absolute atomic E-state index is 0.0852. The van der Waals surface area contributed by atoms with Crippen LogP contribution in [-0.4, -0.2) is 21.3 Å². The summed E-state index contributed by atoms with van der Waals surface area (Å²) < 4.78 is 7.83. The molecule has 19 heavy (non-hydrogen) atoms. The zero-order valence-corrected chi connectivity index (χ0v) is 11.3. The number of hydrogen-bond donors (Lipinski definition) is 1. The van der Waals surface area contributed by atoms with Gasteiger partial charge >= 0.3 is 0 Å². The van der Waals surface area contributed by atoms with Gasteiger partial charge in [-0.25, -0.2) is 9.67 Å². The summed E-state index contributed by atoms with van der Waals surface area (Å²) in [5.41, 5.74) is 1.04. The topological polar surface area (TPSA) is 52.0 Å². The van der Waals surface area contributed by atoms with Gasteiger partial charge in [0.1, 0.15) is 5.75 Å². The van der Waals surface area contributed by atoms with Gasteiger partial charge in [-0.1, -0.05) is 19.1 Å². The van der Waals surface area contributed by atoms with Crippen molar-refractivity contribution in [2.75, 3.05) is 11.9 Å². The van der Waals surface area contributed by atoms with Crippen LogP contribution in [0.2, 0.25) is 0 Å². The van der Waals surface area contributed by atoms with Crippen molar-refractivity contribution in [3.05, 3.63) is 35.9 Å². The third-order valence-electron chi connectivity index (χ3n) is 3.24. The Balaban J connectivity index is 1.84. The summed E-state index contributed by atoms with van der Waals surface area (Å²) in [6.45, 7) is 2.85. The Morgan fingerprint density at radius 1 is 1.42 bits per heavy atom. The Bertz CT molecular complexity index is 579. The van der Waals surface area contributed by atoms with E-state index in [2.05, 4.69) is 22.3 Å². The Morgan fingerprint density at radius 3 is 3.11 bits per heavy atom. The average Bonchev–Trinajstić information content (AvgIpc) is 2.79. The van der Waals surface area contributed by atoms with Gasteiger partial charge in [-0.3, -0.25) is 0 Å². The van der Waals surface area contributed by atoms with Crippen molar-refractivity contribution in [1.82, 2.24) is 14.8 Å². The number of anilines is 1. The fourth-order valence-corrected chi connectivity index (χ4v) is 2.32. The lowest BCUT2D eigenvalue weighted by Crippen LogP contribution is -2.26. The molecule has 0 radical (unpaired) electrons. The first-order valence-corrected chi connectivity index (χ1v) is 6.67. The molecule has 0 fully saturated rings. The second-order valence-corrected chi connectivity index (χ2v) is 4.74. The number of aromatic nitrogens is 3. The lowest BCUT2D eigenvalue weighted by atomic mass is 10.2. The summed E-state index contributed by atoms with van der Waals surface area (Å²) in [6.07, 6.45) is 1.87. The number of aryl methyl sites for hydroxylation is 2. The van der Waals surface area contributed by atoms with Crippen molar-refractivity contribution in [1.29, 1.82) is 0 Å². The molecule has 0 amide bonds. The van der Waals surface area contributed by atoms with Gasteiger partial charge in [0.25, 0.3) is 0 Å². The third kappa shape index (κ3) is 2.28. The lowest BCUT2D eigenvalue weighted by Gasteiger charge is -2.26. The summed E-state index contributed by atoms with van der Waals surface area (Å²) in [7, 11) is 1.92. The van der Waals surface area contributed by atoms with E-state index in [1.54, 1.807) is 0 Å². The van der Waals surface area contributed by atoms with Crippen molar-refractivity contribution >= 4 is 5.69 Å². The van der Waals surface area contributed by atoms with Crippen LogP contribution in [0.5, 0.6) is 5.75 Å². The molecular weight excluding hydrogens is 240 g/mol. The van der Waals surface area contributed by atoms with E-state index in [1.165, 1.54) is 0 Å². The molecule has 2 heterocycles. The number of fused-ring (bicyclic) bond motifs is 1. The standard InChI is InChI=1S/C14H18N4O/c1-3-6-13-16-14(18(2)17-13)12-9-15-10-7-4-5-8-11(10)19-12/h4-5,7-8,12,15H,3,6,9H2,1-2H3. The number of nitrogens with one attached hydrogen (secondary N) is 1.